The highest BCUT2D eigenvalue weighted by Crippen LogP contribution is 2.55. The highest BCUT2D eigenvalue weighted by Gasteiger charge is 2.27. The van der Waals surface area contributed by atoms with Gasteiger partial charge in [-0.15, -0.1) is 0 Å². The largest absolute Gasteiger partial charge is 0.193 e. The molecular weight excluding hydrogens is 749 g/mol. The number of aryl methyl sites for hydroxylation is 2. The molecule has 0 atom stereocenters. The zero-order valence-corrected chi connectivity index (χ0v) is 35.1. The van der Waals surface area contributed by atoms with Crippen molar-refractivity contribution in [1.82, 2.24) is 0 Å². The van der Waals surface area contributed by atoms with Crippen molar-refractivity contribution in [2.75, 3.05) is 0 Å². The molecular formula is C60H40N2. The summed E-state index contributed by atoms with van der Waals surface area (Å²) in [6.07, 6.45) is 5.38. The van der Waals surface area contributed by atoms with Crippen LogP contribution in [0.2, 0.25) is 0 Å². The maximum atomic E-state index is 9.68. The molecule has 2 nitrogen and oxygen atoms in total. The SMILES string of the molecule is C\C(C#N)=C/C(C#N)=C\C=C(/C)c1cc(C)c(-c2ccc3c4c(-c5ccccc5)c5c(cc6c7ccccc7c7cccc5c76)c(-c5ccccc5)c4c4cccc2c43)c(C)c1. The lowest BCUT2D eigenvalue weighted by molar-refractivity contribution is 1.36. The van der Waals surface area contributed by atoms with E-state index in [1.807, 2.05) is 6.08 Å². The van der Waals surface area contributed by atoms with Gasteiger partial charge in [-0.2, -0.15) is 10.5 Å². The molecule has 0 saturated carbocycles. The van der Waals surface area contributed by atoms with E-state index in [-0.39, 0.29) is 0 Å². The van der Waals surface area contributed by atoms with Crippen LogP contribution in [0, 0.1) is 36.5 Å². The smallest absolute Gasteiger partial charge is 0.0991 e. The van der Waals surface area contributed by atoms with Crippen LogP contribution in [0.3, 0.4) is 0 Å². The maximum absolute atomic E-state index is 9.68. The van der Waals surface area contributed by atoms with Crippen LogP contribution in [0.25, 0.3) is 114 Å². The molecule has 0 N–H and O–H groups in total. The first-order valence-corrected chi connectivity index (χ1v) is 21.2. The Kier molecular flexibility index (Phi) is 8.54. The number of benzene rings is 9. The number of hydrogen-bond donors (Lipinski definition) is 0. The van der Waals surface area contributed by atoms with Crippen LogP contribution in [0.5, 0.6) is 0 Å². The van der Waals surface area contributed by atoms with Gasteiger partial charge in [-0.1, -0.05) is 152 Å². The molecule has 2 heteroatoms. The summed E-state index contributed by atoms with van der Waals surface area (Å²) in [5.74, 6) is 0. The third kappa shape index (κ3) is 5.48. The molecule has 0 saturated heterocycles. The summed E-state index contributed by atoms with van der Waals surface area (Å²) < 4.78 is 0. The summed E-state index contributed by atoms with van der Waals surface area (Å²) in [4.78, 5) is 0. The second kappa shape index (κ2) is 14.3. The topological polar surface area (TPSA) is 47.6 Å². The van der Waals surface area contributed by atoms with Crippen LogP contribution in [-0.4, -0.2) is 0 Å². The van der Waals surface area contributed by atoms with E-state index >= 15 is 0 Å². The molecule has 0 spiro atoms. The molecule has 11 rings (SSSR count). The minimum absolute atomic E-state index is 0.452. The van der Waals surface area contributed by atoms with E-state index in [2.05, 4.69) is 185 Å². The average Bonchev–Trinajstić information content (AvgIpc) is 3.81. The Bertz CT molecular complexity index is 3810. The summed E-state index contributed by atoms with van der Waals surface area (Å²) >= 11 is 0. The number of hydrogen-bond acceptors (Lipinski definition) is 2. The van der Waals surface area contributed by atoms with Crippen molar-refractivity contribution in [3.8, 4) is 45.5 Å². The molecule has 11 aromatic rings. The fraction of sp³-hybridized carbons (Fsp3) is 0.0667. The van der Waals surface area contributed by atoms with Gasteiger partial charge in [-0.3, -0.25) is 0 Å². The predicted octanol–water partition coefficient (Wildman–Crippen LogP) is 16.6. The van der Waals surface area contributed by atoms with Crippen LogP contribution >= 0.6 is 0 Å². The van der Waals surface area contributed by atoms with Crippen molar-refractivity contribution < 1.29 is 0 Å². The van der Waals surface area contributed by atoms with Crippen molar-refractivity contribution >= 4 is 81.0 Å². The monoisotopic (exact) mass is 788 g/mol. The van der Waals surface area contributed by atoms with E-state index < -0.39 is 0 Å². The minimum Gasteiger partial charge on any atom is -0.193 e. The first-order valence-electron chi connectivity index (χ1n) is 21.2. The lowest BCUT2D eigenvalue weighted by Gasteiger charge is -2.19. The Morgan fingerprint density at radius 2 is 0.952 bits per heavy atom. The predicted molar refractivity (Wildman–Crippen MR) is 264 cm³/mol. The molecule has 0 aliphatic carbocycles. The van der Waals surface area contributed by atoms with Gasteiger partial charge >= 0.3 is 0 Å². The third-order valence-corrected chi connectivity index (χ3v) is 13.1. The summed E-state index contributed by atoms with van der Waals surface area (Å²) in [6.45, 7) is 8.20. The Morgan fingerprint density at radius 3 is 1.61 bits per heavy atom. The van der Waals surface area contributed by atoms with E-state index in [4.69, 9.17) is 0 Å². The van der Waals surface area contributed by atoms with E-state index in [0.29, 0.717) is 11.1 Å². The van der Waals surface area contributed by atoms with Crippen molar-refractivity contribution in [3.05, 3.63) is 198 Å². The van der Waals surface area contributed by atoms with E-state index in [9.17, 15) is 10.5 Å². The quantitative estimate of drug-likeness (QED) is 0.0957. The molecule has 0 fully saturated rings. The van der Waals surface area contributed by atoms with Crippen molar-refractivity contribution in [1.29, 1.82) is 10.5 Å². The molecule has 11 aromatic carbocycles. The zero-order chi connectivity index (χ0) is 42.2. The lowest BCUT2D eigenvalue weighted by Crippen LogP contribution is -1.93. The summed E-state index contributed by atoms with van der Waals surface area (Å²) in [7, 11) is 0. The second-order valence-electron chi connectivity index (χ2n) is 16.7. The summed E-state index contributed by atoms with van der Waals surface area (Å²) in [5.41, 5.74) is 12.9. The number of allylic oxidation sites excluding steroid dienone is 6. The van der Waals surface area contributed by atoms with Crippen molar-refractivity contribution in [2.24, 2.45) is 0 Å². The molecule has 0 bridgehead atoms. The van der Waals surface area contributed by atoms with E-state index in [1.165, 1.54) is 120 Å². The second-order valence-corrected chi connectivity index (χ2v) is 16.7. The molecule has 62 heavy (non-hydrogen) atoms. The van der Waals surface area contributed by atoms with Crippen LogP contribution in [-0.2, 0) is 0 Å². The lowest BCUT2D eigenvalue weighted by atomic mass is 9.84. The standard InChI is InChI=1S/C60H40N2/c1-35(33-61)29-39(34-62)26-25-36(2)42-30-37(3)53(38(4)31-42)47-27-28-50-56-46(47)22-14-24-49(56)59-54(40-15-7-5-8-16-40)52-32-51-44-20-12-11-19-43(44)45-21-13-23-48(57(45)51)58(52)55(60(50)59)41-17-9-6-10-18-41/h5-32H,1-4H3/b35-29+,36-25+,39-26+. The Balaban J connectivity index is 1.25. The Hall–Kier alpha value is -8.04. The maximum Gasteiger partial charge on any atom is 0.0991 e. The van der Waals surface area contributed by atoms with Crippen molar-refractivity contribution in [3.63, 3.8) is 0 Å². The van der Waals surface area contributed by atoms with Crippen LogP contribution in [0.15, 0.2) is 181 Å². The van der Waals surface area contributed by atoms with Crippen LogP contribution in [0.1, 0.15) is 30.5 Å². The van der Waals surface area contributed by atoms with Gasteiger partial charge in [0.2, 0.25) is 0 Å². The van der Waals surface area contributed by atoms with Gasteiger partial charge in [0.1, 0.15) is 0 Å². The number of fused-ring (bicyclic) bond motifs is 8. The van der Waals surface area contributed by atoms with Gasteiger partial charge in [-0.25, -0.2) is 0 Å². The normalized spacial score (nSPS) is 12.8. The summed E-state index contributed by atoms with van der Waals surface area (Å²) in [6, 6.07) is 60.8. The van der Waals surface area contributed by atoms with Crippen LogP contribution in [0.4, 0.5) is 0 Å². The van der Waals surface area contributed by atoms with E-state index in [0.717, 1.165) is 11.1 Å². The van der Waals surface area contributed by atoms with E-state index in [1.54, 1.807) is 19.1 Å². The molecule has 0 amide bonds. The number of rotatable bonds is 6. The minimum atomic E-state index is 0.452. The first kappa shape index (κ1) is 37.0. The third-order valence-electron chi connectivity index (χ3n) is 13.1. The first-order chi connectivity index (χ1) is 30.4. The number of nitriles is 2. The fourth-order valence-corrected chi connectivity index (χ4v) is 10.5. The molecule has 290 valence electrons. The van der Waals surface area contributed by atoms with Gasteiger partial charge in [0, 0.05) is 5.57 Å². The highest BCUT2D eigenvalue weighted by molar-refractivity contribution is 6.45. The van der Waals surface area contributed by atoms with Crippen LogP contribution < -0.4 is 0 Å². The van der Waals surface area contributed by atoms with Gasteiger partial charge in [0.05, 0.1) is 17.7 Å². The summed E-state index contributed by atoms with van der Waals surface area (Å²) in [5, 5.41) is 37.0. The molecule has 0 aromatic heterocycles. The van der Waals surface area contributed by atoms with Gasteiger partial charge in [0.25, 0.3) is 0 Å². The molecule has 0 heterocycles. The number of nitrogens with zero attached hydrogens (tertiary/aromatic N) is 2. The Morgan fingerprint density at radius 1 is 0.419 bits per heavy atom. The molecule has 0 aliphatic rings. The molecule has 0 aliphatic heterocycles. The molecule has 0 radical (unpaired) electrons. The Labute approximate surface area is 360 Å². The molecule has 0 unspecified atom stereocenters. The van der Waals surface area contributed by atoms with Crippen molar-refractivity contribution in [2.45, 2.75) is 27.7 Å². The fourth-order valence-electron chi connectivity index (χ4n) is 10.5. The van der Waals surface area contributed by atoms with Gasteiger partial charge < -0.3 is 0 Å². The van der Waals surface area contributed by atoms with Gasteiger partial charge in [0.15, 0.2) is 0 Å². The zero-order valence-electron chi connectivity index (χ0n) is 35.1. The van der Waals surface area contributed by atoms with Gasteiger partial charge in [-0.05, 0) is 177 Å². The highest BCUT2D eigenvalue weighted by atomic mass is 14.3. The average molecular weight is 789 g/mol.